The maximum Gasteiger partial charge on any atom is 0.277 e. The van der Waals surface area contributed by atoms with E-state index >= 15 is 0 Å². The third kappa shape index (κ3) is 5.22. The molecule has 0 aliphatic rings. The van der Waals surface area contributed by atoms with Gasteiger partial charge < -0.3 is 10.4 Å². The number of hydrogen-bond donors (Lipinski definition) is 2. The molecule has 1 atom stereocenters. The largest absolute Gasteiger partial charge is 0.386 e. The van der Waals surface area contributed by atoms with E-state index < -0.39 is 17.8 Å². The average molecular weight is 431 g/mol. The monoisotopic (exact) mass is 431 g/mol. The highest BCUT2D eigenvalue weighted by Gasteiger charge is 2.17. The van der Waals surface area contributed by atoms with E-state index in [1.54, 1.807) is 18.3 Å². The van der Waals surface area contributed by atoms with Crippen molar-refractivity contribution in [2.24, 2.45) is 0 Å². The van der Waals surface area contributed by atoms with E-state index in [1.807, 2.05) is 42.5 Å². The van der Waals surface area contributed by atoms with Crippen LogP contribution in [-0.2, 0) is 19.4 Å². The topological polar surface area (TPSA) is 92.9 Å². The van der Waals surface area contributed by atoms with Crippen LogP contribution in [0.25, 0.3) is 0 Å². The molecular formula is C24H22FN5O2. The molecule has 4 rings (SSSR count). The van der Waals surface area contributed by atoms with Crippen molar-refractivity contribution in [3.8, 4) is 0 Å². The van der Waals surface area contributed by atoms with Gasteiger partial charge in [0.05, 0.1) is 12.7 Å². The summed E-state index contributed by atoms with van der Waals surface area (Å²) in [4.78, 5) is 17.0. The Morgan fingerprint density at radius 1 is 1.03 bits per heavy atom. The molecule has 7 nitrogen and oxygen atoms in total. The van der Waals surface area contributed by atoms with E-state index in [0.29, 0.717) is 5.69 Å². The Hall–Kier alpha value is -3.91. The van der Waals surface area contributed by atoms with Gasteiger partial charge in [0.15, 0.2) is 5.69 Å². The summed E-state index contributed by atoms with van der Waals surface area (Å²) in [7, 11) is 0. The van der Waals surface area contributed by atoms with Crippen LogP contribution in [0.5, 0.6) is 0 Å². The minimum absolute atomic E-state index is 0.0259. The smallest absolute Gasteiger partial charge is 0.277 e. The van der Waals surface area contributed by atoms with Crippen molar-refractivity contribution in [3.63, 3.8) is 0 Å². The van der Waals surface area contributed by atoms with E-state index in [4.69, 9.17) is 0 Å². The third-order valence-electron chi connectivity index (χ3n) is 5.04. The second kappa shape index (κ2) is 9.93. The van der Waals surface area contributed by atoms with Gasteiger partial charge in [-0.1, -0.05) is 47.7 Å². The molecule has 1 amide bonds. The Morgan fingerprint density at radius 2 is 1.81 bits per heavy atom. The number of aliphatic hydroxyl groups is 1. The molecule has 2 heterocycles. The number of anilines is 1. The zero-order valence-corrected chi connectivity index (χ0v) is 17.2. The fourth-order valence-electron chi connectivity index (χ4n) is 3.37. The van der Waals surface area contributed by atoms with Gasteiger partial charge in [-0.25, -0.2) is 9.07 Å². The Kier molecular flexibility index (Phi) is 6.62. The van der Waals surface area contributed by atoms with Crippen molar-refractivity contribution in [1.82, 2.24) is 20.0 Å². The number of rotatable bonds is 8. The number of pyridine rings is 1. The van der Waals surface area contributed by atoms with Crippen LogP contribution in [0.3, 0.4) is 0 Å². The van der Waals surface area contributed by atoms with E-state index in [0.717, 1.165) is 24.1 Å². The summed E-state index contributed by atoms with van der Waals surface area (Å²) < 4.78 is 15.2. The van der Waals surface area contributed by atoms with Crippen LogP contribution in [0.15, 0.2) is 79.1 Å². The molecule has 0 aliphatic carbocycles. The number of carbonyl (C=O) groups is 1. The first kappa shape index (κ1) is 21.3. The maximum atomic E-state index is 13.9. The number of benzene rings is 2. The van der Waals surface area contributed by atoms with Crippen molar-refractivity contribution in [2.45, 2.75) is 25.5 Å². The van der Waals surface area contributed by atoms with Gasteiger partial charge in [-0.3, -0.25) is 9.78 Å². The quantitative estimate of drug-likeness (QED) is 0.445. The Morgan fingerprint density at radius 3 is 2.62 bits per heavy atom. The second-order valence-electron chi connectivity index (χ2n) is 7.30. The zero-order valence-electron chi connectivity index (χ0n) is 17.2. The number of aliphatic hydroxyl groups excluding tert-OH is 1. The van der Waals surface area contributed by atoms with Gasteiger partial charge in [-0.2, -0.15) is 0 Å². The van der Waals surface area contributed by atoms with Gasteiger partial charge in [0, 0.05) is 23.1 Å². The standard InChI is InChI=1S/C24H22FN5O2/c25-20-10-3-2-9-19(20)23(31)16-30-15-22(28-29-30)24(32)27-21-11-4-1-7-17(21)12-13-18-8-5-6-14-26-18/h1-11,14-15,23,31H,12-13,16H2,(H,27,32). The minimum atomic E-state index is -1.11. The van der Waals surface area contributed by atoms with Gasteiger partial charge in [-0.05, 0) is 42.7 Å². The molecular weight excluding hydrogens is 409 g/mol. The number of nitrogens with zero attached hydrogens (tertiary/aromatic N) is 4. The fraction of sp³-hybridized carbons (Fsp3) is 0.167. The number of aromatic nitrogens is 4. The molecule has 162 valence electrons. The second-order valence-corrected chi connectivity index (χ2v) is 7.30. The first-order chi connectivity index (χ1) is 15.6. The van der Waals surface area contributed by atoms with Crippen LogP contribution in [0.2, 0.25) is 0 Å². The summed E-state index contributed by atoms with van der Waals surface area (Å²) in [6, 6.07) is 19.3. The molecule has 1 unspecified atom stereocenters. The first-order valence-corrected chi connectivity index (χ1v) is 10.2. The molecule has 0 saturated heterocycles. The minimum Gasteiger partial charge on any atom is -0.386 e. The number of amides is 1. The number of carbonyl (C=O) groups excluding carboxylic acids is 1. The maximum absolute atomic E-state index is 13.9. The summed E-state index contributed by atoms with van der Waals surface area (Å²) in [6.07, 6.45) is 3.54. The lowest BCUT2D eigenvalue weighted by molar-refractivity contribution is 0.102. The summed E-state index contributed by atoms with van der Waals surface area (Å²) in [6.45, 7) is -0.0259. The number of nitrogens with one attached hydrogen (secondary N) is 1. The van der Waals surface area contributed by atoms with Crippen LogP contribution in [0, 0.1) is 5.82 Å². The first-order valence-electron chi connectivity index (χ1n) is 10.2. The Balaban J connectivity index is 1.41. The van der Waals surface area contributed by atoms with Crippen LogP contribution in [0.1, 0.15) is 33.4 Å². The van der Waals surface area contributed by atoms with Gasteiger partial charge >= 0.3 is 0 Å². The fourth-order valence-corrected chi connectivity index (χ4v) is 3.37. The van der Waals surface area contributed by atoms with Crippen molar-refractivity contribution >= 4 is 11.6 Å². The Labute approximate surface area is 184 Å². The summed E-state index contributed by atoms with van der Waals surface area (Å²) in [5, 5.41) is 20.9. The molecule has 0 fully saturated rings. The molecule has 0 radical (unpaired) electrons. The van der Waals surface area contributed by atoms with E-state index in [1.165, 1.54) is 23.0 Å². The molecule has 2 aromatic heterocycles. The van der Waals surface area contributed by atoms with E-state index in [9.17, 15) is 14.3 Å². The van der Waals surface area contributed by atoms with Crippen molar-refractivity contribution in [1.29, 1.82) is 0 Å². The number of hydrogen-bond acceptors (Lipinski definition) is 5. The summed E-state index contributed by atoms with van der Waals surface area (Å²) >= 11 is 0. The van der Waals surface area contributed by atoms with Crippen molar-refractivity contribution in [3.05, 3.63) is 107 Å². The van der Waals surface area contributed by atoms with Crippen molar-refractivity contribution in [2.75, 3.05) is 5.32 Å². The lowest BCUT2D eigenvalue weighted by Gasteiger charge is -2.11. The highest BCUT2D eigenvalue weighted by molar-refractivity contribution is 6.03. The predicted molar refractivity (Wildman–Crippen MR) is 117 cm³/mol. The molecule has 4 aromatic rings. The van der Waals surface area contributed by atoms with Gasteiger partial charge in [0.2, 0.25) is 0 Å². The van der Waals surface area contributed by atoms with Gasteiger partial charge in [-0.15, -0.1) is 5.10 Å². The molecule has 8 heteroatoms. The Bertz CT molecular complexity index is 1200. The molecule has 32 heavy (non-hydrogen) atoms. The lowest BCUT2D eigenvalue weighted by Crippen LogP contribution is -2.14. The number of halogens is 1. The van der Waals surface area contributed by atoms with Crippen molar-refractivity contribution < 1.29 is 14.3 Å². The average Bonchev–Trinajstić information content (AvgIpc) is 3.28. The van der Waals surface area contributed by atoms with Crippen LogP contribution >= 0.6 is 0 Å². The predicted octanol–water partition coefficient (Wildman–Crippen LogP) is 3.58. The molecule has 2 aromatic carbocycles. The molecule has 2 N–H and O–H groups in total. The van der Waals surface area contributed by atoms with E-state index in [-0.39, 0.29) is 17.8 Å². The zero-order chi connectivity index (χ0) is 22.3. The SMILES string of the molecule is O=C(Nc1ccccc1CCc1ccccn1)c1cn(CC(O)c2ccccc2F)nn1. The molecule has 0 saturated carbocycles. The highest BCUT2D eigenvalue weighted by atomic mass is 19.1. The molecule has 0 bridgehead atoms. The van der Waals surface area contributed by atoms with Crippen LogP contribution < -0.4 is 5.32 Å². The lowest BCUT2D eigenvalue weighted by atomic mass is 10.1. The third-order valence-corrected chi connectivity index (χ3v) is 5.04. The normalized spacial score (nSPS) is 11.8. The van der Waals surface area contributed by atoms with Crippen LogP contribution in [0.4, 0.5) is 10.1 Å². The highest BCUT2D eigenvalue weighted by Crippen LogP contribution is 2.20. The van der Waals surface area contributed by atoms with E-state index in [2.05, 4.69) is 20.6 Å². The molecule has 0 spiro atoms. The number of aryl methyl sites for hydroxylation is 2. The summed E-state index contributed by atoms with van der Waals surface area (Å²) in [5.74, 6) is -0.915. The van der Waals surface area contributed by atoms with Gasteiger partial charge in [0.25, 0.3) is 5.91 Å². The summed E-state index contributed by atoms with van der Waals surface area (Å²) in [5.41, 5.74) is 2.91. The van der Waals surface area contributed by atoms with Gasteiger partial charge in [0.1, 0.15) is 11.9 Å². The number of para-hydroxylation sites is 1. The molecule has 0 aliphatic heterocycles. The van der Waals surface area contributed by atoms with Crippen LogP contribution in [-0.4, -0.2) is 31.0 Å².